The zero-order chi connectivity index (χ0) is 15.8. The van der Waals surface area contributed by atoms with Crippen LogP contribution in [0.4, 0.5) is 0 Å². The van der Waals surface area contributed by atoms with Gasteiger partial charge in [0.2, 0.25) is 0 Å². The molecule has 0 saturated carbocycles. The monoisotopic (exact) mass is 578 g/mol. The van der Waals surface area contributed by atoms with Gasteiger partial charge in [0.15, 0.2) is 0 Å². The van der Waals surface area contributed by atoms with Gasteiger partial charge in [0.25, 0.3) is 0 Å². The maximum Gasteiger partial charge on any atom is 4.00 e. The van der Waals surface area contributed by atoms with Crippen LogP contribution in [0.1, 0.15) is 55.6 Å². The normalized spacial score (nSPS) is 9.13. The number of hydrogen-bond acceptors (Lipinski definition) is 0. The van der Waals surface area contributed by atoms with Crippen molar-refractivity contribution in [2.75, 3.05) is 0 Å². The molecule has 0 aromatic heterocycles. The van der Waals surface area contributed by atoms with Gasteiger partial charge in [-0.15, -0.1) is 0 Å². The molecule has 0 aliphatic rings. The SMILES string of the molecule is Cc1c(C)c(C)[c-](C)c1C.Cc1c(C)c(C)[c-](C)c1C.[Cl-].[Cl-].[U+4]. The molecular weight excluding hydrogens is 549 g/mol. The molecule has 0 fully saturated rings. The summed E-state index contributed by atoms with van der Waals surface area (Å²) < 4.78 is 0. The van der Waals surface area contributed by atoms with Crippen molar-refractivity contribution in [3.05, 3.63) is 55.6 Å². The molecular formula is C20H30Cl2U. The van der Waals surface area contributed by atoms with Gasteiger partial charge in [-0.2, -0.15) is 55.6 Å². The largest absolute Gasteiger partial charge is 4.00 e. The van der Waals surface area contributed by atoms with E-state index in [9.17, 15) is 0 Å². The van der Waals surface area contributed by atoms with Crippen molar-refractivity contribution in [1.29, 1.82) is 0 Å². The molecule has 0 nitrogen and oxygen atoms in total. The third kappa shape index (κ3) is 5.68. The van der Waals surface area contributed by atoms with Crippen LogP contribution in [0, 0.1) is 100 Å². The number of halogens is 2. The van der Waals surface area contributed by atoms with Crippen LogP contribution in [0.3, 0.4) is 0 Å². The van der Waals surface area contributed by atoms with Crippen LogP contribution >= 0.6 is 0 Å². The second-order valence-electron chi connectivity index (χ2n) is 6.25. The third-order valence-electron chi connectivity index (χ3n) is 5.62. The summed E-state index contributed by atoms with van der Waals surface area (Å²) in [6.45, 7) is 22.0. The molecule has 0 spiro atoms. The Hall–Kier alpha value is 0.332. The second-order valence-corrected chi connectivity index (χ2v) is 6.25. The molecule has 0 atom stereocenters. The van der Waals surface area contributed by atoms with Crippen molar-refractivity contribution >= 4 is 0 Å². The van der Waals surface area contributed by atoms with Gasteiger partial charge in [-0.3, -0.25) is 0 Å². The molecule has 128 valence electrons. The van der Waals surface area contributed by atoms with Crippen molar-refractivity contribution < 1.29 is 55.9 Å². The van der Waals surface area contributed by atoms with E-state index in [1.807, 2.05) is 0 Å². The van der Waals surface area contributed by atoms with E-state index in [1.54, 1.807) is 0 Å². The van der Waals surface area contributed by atoms with Crippen molar-refractivity contribution in [2.24, 2.45) is 0 Å². The van der Waals surface area contributed by atoms with E-state index in [-0.39, 0.29) is 55.9 Å². The fourth-order valence-corrected chi connectivity index (χ4v) is 2.81. The van der Waals surface area contributed by atoms with Crippen molar-refractivity contribution in [1.82, 2.24) is 0 Å². The number of rotatable bonds is 0. The van der Waals surface area contributed by atoms with Gasteiger partial charge in [-0.25, -0.2) is 0 Å². The van der Waals surface area contributed by atoms with Gasteiger partial charge in [-0.05, 0) is 0 Å². The summed E-state index contributed by atoms with van der Waals surface area (Å²) in [6.07, 6.45) is 0. The first-order valence-corrected chi connectivity index (χ1v) is 7.50. The summed E-state index contributed by atoms with van der Waals surface area (Å²) >= 11 is 0. The van der Waals surface area contributed by atoms with Gasteiger partial charge in [-0.1, -0.05) is 69.2 Å². The van der Waals surface area contributed by atoms with E-state index in [2.05, 4.69) is 69.2 Å². The molecule has 0 unspecified atom stereocenters. The molecule has 0 aliphatic heterocycles. The Morgan fingerprint density at radius 3 is 0.609 bits per heavy atom. The molecule has 23 heavy (non-hydrogen) atoms. The van der Waals surface area contributed by atoms with Crippen LogP contribution in [-0.4, -0.2) is 0 Å². The standard InChI is InChI=1S/2C10H15.2ClH.U/c2*1-6-7(2)9(4)10(5)8(6)3;;;/h2*1-5H3;2*1H;/q2*-1;;;+4/p-2. The van der Waals surface area contributed by atoms with Gasteiger partial charge in [0, 0.05) is 0 Å². The molecule has 0 heterocycles. The van der Waals surface area contributed by atoms with E-state index in [1.165, 1.54) is 55.6 Å². The molecule has 0 amide bonds. The predicted molar refractivity (Wildman–Crippen MR) is 91.4 cm³/mol. The topological polar surface area (TPSA) is 0 Å². The minimum Gasteiger partial charge on any atom is -1.00 e. The molecule has 0 saturated heterocycles. The quantitative estimate of drug-likeness (QED) is 0.383. The Morgan fingerprint density at radius 2 is 0.565 bits per heavy atom. The fourth-order valence-electron chi connectivity index (χ4n) is 2.81. The summed E-state index contributed by atoms with van der Waals surface area (Å²) in [6, 6.07) is 0. The summed E-state index contributed by atoms with van der Waals surface area (Å²) in [7, 11) is 0. The third-order valence-corrected chi connectivity index (χ3v) is 5.62. The Balaban J connectivity index is -0.000000308. The Bertz CT molecular complexity index is 414. The maximum absolute atomic E-state index is 2.20. The minimum atomic E-state index is 0. The Kier molecular flexibility index (Phi) is 13.5. The van der Waals surface area contributed by atoms with Crippen molar-refractivity contribution in [2.45, 2.75) is 69.2 Å². The average Bonchev–Trinajstić information content (AvgIpc) is 2.71. The zero-order valence-electron chi connectivity index (χ0n) is 16.3. The summed E-state index contributed by atoms with van der Waals surface area (Å²) in [5.74, 6) is 0. The van der Waals surface area contributed by atoms with Crippen LogP contribution in [-0.2, 0) is 0 Å². The zero-order valence-corrected chi connectivity index (χ0v) is 21.9. The van der Waals surface area contributed by atoms with Crippen LogP contribution in [0.2, 0.25) is 0 Å². The van der Waals surface area contributed by atoms with E-state index in [0.29, 0.717) is 0 Å². The van der Waals surface area contributed by atoms with Gasteiger partial charge >= 0.3 is 31.1 Å². The Morgan fingerprint density at radius 1 is 0.435 bits per heavy atom. The molecule has 2 aromatic rings. The second kappa shape index (κ2) is 11.0. The fraction of sp³-hybridized carbons (Fsp3) is 0.500. The molecule has 2 aromatic carbocycles. The van der Waals surface area contributed by atoms with E-state index < -0.39 is 0 Å². The Labute approximate surface area is 179 Å². The first-order chi connectivity index (χ1) is 9.11. The van der Waals surface area contributed by atoms with Gasteiger partial charge < -0.3 is 24.8 Å². The van der Waals surface area contributed by atoms with E-state index in [0.717, 1.165) is 0 Å². The summed E-state index contributed by atoms with van der Waals surface area (Å²) in [4.78, 5) is 0. The maximum atomic E-state index is 2.20. The summed E-state index contributed by atoms with van der Waals surface area (Å²) in [5.41, 5.74) is 14.7. The van der Waals surface area contributed by atoms with Crippen molar-refractivity contribution in [3.8, 4) is 0 Å². The van der Waals surface area contributed by atoms with Crippen LogP contribution in [0.25, 0.3) is 0 Å². The first-order valence-electron chi connectivity index (χ1n) is 7.50. The molecule has 0 bridgehead atoms. The minimum absolute atomic E-state index is 0. The van der Waals surface area contributed by atoms with Crippen molar-refractivity contribution in [3.63, 3.8) is 0 Å². The van der Waals surface area contributed by atoms with Gasteiger partial charge in [0.05, 0.1) is 0 Å². The summed E-state index contributed by atoms with van der Waals surface area (Å²) in [5, 5.41) is 0. The average molecular weight is 579 g/mol. The van der Waals surface area contributed by atoms with Crippen LogP contribution in [0.15, 0.2) is 0 Å². The molecule has 0 N–H and O–H groups in total. The van der Waals surface area contributed by atoms with Crippen LogP contribution < -0.4 is 24.8 Å². The predicted octanol–water partition coefficient (Wildman–Crippen LogP) is -0.0968. The number of hydrogen-bond donors (Lipinski definition) is 0. The smallest absolute Gasteiger partial charge is 1.00 e. The molecule has 0 aliphatic carbocycles. The van der Waals surface area contributed by atoms with E-state index >= 15 is 0 Å². The van der Waals surface area contributed by atoms with E-state index in [4.69, 9.17) is 0 Å². The molecule has 0 radical (unpaired) electrons. The molecule has 3 heteroatoms. The first kappa shape index (κ1) is 28.1. The van der Waals surface area contributed by atoms with Gasteiger partial charge in [0.1, 0.15) is 0 Å². The van der Waals surface area contributed by atoms with Crippen LogP contribution in [0.5, 0.6) is 0 Å². The molecule has 2 rings (SSSR count).